The molecule has 10 heteroatoms. The van der Waals surface area contributed by atoms with Crippen LogP contribution in [0.25, 0.3) is 5.82 Å². The zero-order chi connectivity index (χ0) is 21.8. The number of hydrogen-bond donors (Lipinski definition) is 1. The fraction of sp³-hybridized carbons (Fsp3) is 0.333. The molecule has 162 valence electrons. The maximum atomic E-state index is 12.8. The van der Waals surface area contributed by atoms with Crippen molar-refractivity contribution in [2.24, 2.45) is 0 Å². The van der Waals surface area contributed by atoms with Crippen molar-refractivity contribution in [3.8, 4) is 17.3 Å². The van der Waals surface area contributed by atoms with E-state index in [9.17, 15) is 4.79 Å². The summed E-state index contributed by atoms with van der Waals surface area (Å²) in [6.45, 7) is 4.40. The van der Waals surface area contributed by atoms with E-state index in [1.54, 1.807) is 35.9 Å². The third-order valence-corrected chi connectivity index (χ3v) is 5.13. The van der Waals surface area contributed by atoms with Gasteiger partial charge in [0.05, 0.1) is 25.6 Å². The van der Waals surface area contributed by atoms with E-state index in [2.05, 4.69) is 25.3 Å². The van der Waals surface area contributed by atoms with Crippen LogP contribution >= 0.6 is 0 Å². The van der Waals surface area contributed by atoms with E-state index >= 15 is 0 Å². The lowest BCUT2D eigenvalue weighted by Gasteiger charge is -2.35. The molecule has 1 aliphatic heterocycles. The highest BCUT2D eigenvalue weighted by atomic mass is 16.5. The number of carbonyl (C=O) groups excluding carboxylic acids is 1. The number of hydrogen-bond acceptors (Lipinski definition) is 7. The molecule has 1 N–H and O–H groups in total. The largest absolute Gasteiger partial charge is 0.493 e. The van der Waals surface area contributed by atoms with Crippen molar-refractivity contribution in [3.63, 3.8) is 0 Å². The maximum Gasteiger partial charge on any atom is 0.322 e. The molecule has 1 aromatic carbocycles. The predicted molar refractivity (Wildman–Crippen MR) is 116 cm³/mol. The minimum atomic E-state index is -0.179. The average Bonchev–Trinajstić information content (AvgIpc) is 3.25. The van der Waals surface area contributed by atoms with Crippen molar-refractivity contribution >= 4 is 17.5 Å². The fourth-order valence-corrected chi connectivity index (χ4v) is 3.50. The number of nitrogens with zero attached hydrogens (tertiary/aromatic N) is 6. The Labute approximate surface area is 180 Å². The van der Waals surface area contributed by atoms with Crippen molar-refractivity contribution in [1.82, 2.24) is 24.6 Å². The van der Waals surface area contributed by atoms with Gasteiger partial charge in [-0.2, -0.15) is 5.10 Å². The summed E-state index contributed by atoms with van der Waals surface area (Å²) in [5, 5.41) is 7.32. The standard InChI is InChI=1S/C21H25N7O3/c1-15-7-8-28(25-15)19-13-18(22-14-23-19)26-9-11-27(12-10-26)21(29)24-16-5-4-6-17(30-2)20(16)31-3/h4-8,13-14H,9-12H2,1-3H3,(H,24,29). The number of amides is 2. The lowest BCUT2D eigenvalue weighted by molar-refractivity contribution is 0.208. The molecule has 31 heavy (non-hydrogen) atoms. The van der Waals surface area contributed by atoms with Crippen molar-refractivity contribution in [2.45, 2.75) is 6.92 Å². The lowest BCUT2D eigenvalue weighted by Crippen LogP contribution is -2.50. The van der Waals surface area contributed by atoms with E-state index in [4.69, 9.17) is 9.47 Å². The number of para-hydroxylation sites is 1. The second-order valence-corrected chi connectivity index (χ2v) is 7.08. The van der Waals surface area contributed by atoms with E-state index in [1.807, 2.05) is 31.3 Å². The van der Waals surface area contributed by atoms with Crippen LogP contribution in [-0.4, -0.2) is 71.1 Å². The van der Waals surface area contributed by atoms with Gasteiger partial charge in [-0.05, 0) is 25.1 Å². The number of aryl methyl sites for hydroxylation is 1. The third-order valence-electron chi connectivity index (χ3n) is 5.13. The number of rotatable bonds is 5. The van der Waals surface area contributed by atoms with Gasteiger partial charge in [-0.15, -0.1) is 0 Å². The van der Waals surface area contributed by atoms with E-state index < -0.39 is 0 Å². The second kappa shape index (κ2) is 8.90. The third kappa shape index (κ3) is 4.37. The minimum Gasteiger partial charge on any atom is -0.493 e. The smallest absolute Gasteiger partial charge is 0.322 e. The van der Waals surface area contributed by atoms with Gasteiger partial charge in [-0.25, -0.2) is 19.4 Å². The summed E-state index contributed by atoms with van der Waals surface area (Å²) in [4.78, 5) is 25.4. The number of ether oxygens (including phenoxy) is 2. The van der Waals surface area contributed by atoms with Crippen LogP contribution in [0.4, 0.5) is 16.3 Å². The molecule has 1 fully saturated rings. The topological polar surface area (TPSA) is 97.6 Å². The number of methoxy groups -OCH3 is 2. The Kier molecular flexibility index (Phi) is 5.87. The number of carbonyl (C=O) groups is 1. The van der Waals surface area contributed by atoms with Gasteiger partial charge in [0.1, 0.15) is 12.1 Å². The molecular weight excluding hydrogens is 398 g/mol. The number of anilines is 2. The van der Waals surface area contributed by atoms with Gasteiger partial charge in [0, 0.05) is 38.4 Å². The summed E-state index contributed by atoms with van der Waals surface area (Å²) in [7, 11) is 3.11. The van der Waals surface area contributed by atoms with Crippen LogP contribution in [0.2, 0.25) is 0 Å². The number of piperazine rings is 1. The van der Waals surface area contributed by atoms with Crippen LogP contribution < -0.4 is 19.7 Å². The van der Waals surface area contributed by atoms with Gasteiger partial charge >= 0.3 is 6.03 Å². The highest BCUT2D eigenvalue weighted by molar-refractivity contribution is 5.91. The molecule has 2 aromatic heterocycles. The van der Waals surface area contributed by atoms with Crippen molar-refractivity contribution < 1.29 is 14.3 Å². The Hall–Kier alpha value is -3.82. The highest BCUT2D eigenvalue weighted by Crippen LogP contribution is 2.34. The zero-order valence-electron chi connectivity index (χ0n) is 17.8. The first-order chi connectivity index (χ1) is 15.1. The molecule has 0 atom stereocenters. The number of benzene rings is 1. The summed E-state index contributed by atoms with van der Waals surface area (Å²) in [6, 6.07) is 9.03. The van der Waals surface area contributed by atoms with E-state index in [0.717, 1.165) is 11.5 Å². The number of urea groups is 1. The zero-order valence-corrected chi connectivity index (χ0v) is 17.8. The Morgan fingerprint density at radius 3 is 2.48 bits per heavy atom. The number of aromatic nitrogens is 4. The van der Waals surface area contributed by atoms with Gasteiger partial charge in [0.2, 0.25) is 0 Å². The van der Waals surface area contributed by atoms with Crippen LogP contribution in [0.1, 0.15) is 5.69 Å². The Bertz CT molecular complexity index is 1060. The SMILES string of the molecule is COc1cccc(NC(=O)N2CCN(c3cc(-n4ccc(C)n4)ncn3)CC2)c1OC. The van der Waals surface area contributed by atoms with Crippen LogP contribution in [-0.2, 0) is 0 Å². The molecular formula is C21H25N7O3. The molecule has 2 amide bonds. The van der Waals surface area contributed by atoms with Gasteiger partial charge in [-0.3, -0.25) is 0 Å². The quantitative estimate of drug-likeness (QED) is 0.673. The first kappa shape index (κ1) is 20.5. The Morgan fingerprint density at radius 1 is 1.03 bits per heavy atom. The van der Waals surface area contributed by atoms with Crippen LogP contribution in [0.15, 0.2) is 42.9 Å². The van der Waals surface area contributed by atoms with Crippen molar-refractivity contribution in [2.75, 3.05) is 50.6 Å². The molecule has 0 unspecified atom stereocenters. The predicted octanol–water partition coefficient (Wildman–Crippen LogP) is 2.34. The van der Waals surface area contributed by atoms with Crippen LogP contribution in [0, 0.1) is 6.92 Å². The van der Waals surface area contributed by atoms with Gasteiger partial charge < -0.3 is 24.6 Å². The van der Waals surface area contributed by atoms with Crippen LogP contribution in [0.5, 0.6) is 11.5 Å². The monoisotopic (exact) mass is 423 g/mol. The normalized spacial score (nSPS) is 13.8. The molecule has 4 rings (SSSR count). The maximum absolute atomic E-state index is 12.8. The summed E-state index contributed by atoms with van der Waals surface area (Å²) >= 11 is 0. The molecule has 1 aliphatic rings. The molecule has 1 saturated heterocycles. The minimum absolute atomic E-state index is 0.179. The molecule has 0 bridgehead atoms. The van der Waals surface area contributed by atoms with E-state index in [0.29, 0.717) is 49.2 Å². The number of nitrogens with one attached hydrogen (secondary N) is 1. The van der Waals surface area contributed by atoms with Gasteiger partial charge in [-0.1, -0.05) is 6.07 Å². The summed E-state index contributed by atoms with van der Waals surface area (Å²) in [6.07, 6.45) is 3.41. The second-order valence-electron chi connectivity index (χ2n) is 7.08. The fourth-order valence-electron chi connectivity index (χ4n) is 3.50. The van der Waals surface area contributed by atoms with Crippen molar-refractivity contribution in [1.29, 1.82) is 0 Å². The van der Waals surface area contributed by atoms with E-state index in [-0.39, 0.29) is 6.03 Å². The molecule has 0 radical (unpaired) electrons. The van der Waals surface area contributed by atoms with Gasteiger partial charge in [0.25, 0.3) is 0 Å². The summed E-state index contributed by atoms with van der Waals surface area (Å²) in [5.74, 6) is 2.59. The van der Waals surface area contributed by atoms with Crippen molar-refractivity contribution in [3.05, 3.63) is 48.5 Å². The average molecular weight is 423 g/mol. The molecule has 10 nitrogen and oxygen atoms in total. The first-order valence-corrected chi connectivity index (χ1v) is 9.95. The highest BCUT2D eigenvalue weighted by Gasteiger charge is 2.23. The van der Waals surface area contributed by atoms with E-state index in [1.165, 1.54) is 6.33 Å². The molecule has 0 spiro atoms. The van der Waals surface area contributed by atoms with Gasteiger partial charge in [0.15, 0.2) is 17.3 Å². The first-order valence-electron chi connectivity index (χ1n) is 9.95. The molecule has 0 saturated carbocycles. The lowest BCUT2D eigenvalue weighted by atomic mass is 10.2. The Morgan fingerprint density at radius 2 is 1.81 bits per heavy atom. The van der Waals surface area contributed by atoms with Crippen LogP contribution in [0.3, 0.4) is 0 Å². The Balaban J connectivity index is 1.40. The molecule has 3 aromatic rings. The summed E-state index contributed by atoms with van der Waals surface area (Å²) < 4.78 is 12.4. The molecule has 0 aliphatic carbocycles. The molecule has 3 heterocycles. The summed E-state index contributed by atoms with van der Waals surface area (Å²) in [5.41, 5.74) is 1.50.